The van der Waals surface area contributed by atoms with E-state index in [2.05, 4.69) is 10.5 Å². The van der Waals surface area contributed by atoms with Gasteiger partial charge in [-0.2, -0.15) is 26.3 Å². The third kappa shape index (κ3) is 3.66. The number of ether oxygens (including phenoxy) is 1. The van der Waals surface area contributed by atoms with Crippen LogP contribution in [0.2, 0.25) is 5.02 Å². The van der Waals surface area contributed by atoms with Crippen molar-refractivity contribution in [3.8, 4) is 5.75 Å². The maximum Gasteiger partial charge on any atom is 0.418 e. The number of nitrogens with two attached hydrogens (primary N) is 1. The van der Waals surface area contributed by atoms with Crippen LogP contribution in [0.25, 0.3) is 0 Å². The Morgan fingerprint density at radius 3 is 2.00 bits per heavy atom. The summed E-state index contributed by atoms with van der Waals surface area (Å²) in [6.45, 7) is 0. The van der Waals surface area contributed by atoms with Gasteiger partial charge in [0.25, 0.3) is 0 Å². The molecule has 19 heavy (non-hydrogen) atoms. The SMILES string of the molecule is NC(=O)Oc1cc(Cl)c(C(F)(F)F)c(C(F)(F)F)c1. The molecule has 0 saturated carbocycles. The fourth-order valence-electron chi connectivity index (χ4n) is 1.27. The highest BCUT2D eigenvalue weighted by atomic mass is 35.5. The van der Waals surface area contributed by atoms with E-state index in [1.165, 1.54) is 0 Å². The number of amides is 1. The van der Waals surface area contributed by atoms with Gasteiger partial charge in [-0.25, -0.2) is 4.79 Å². The first-order chi connectivity index (χ1) is 8.43. The van der Waals surface area contributed by atoms with E-state index in [-0.39, 0.29) is 6.07 Å². The van der Waals surface area contributed by atoms with Gasteiger partial charge < -0.3 is 10.5 Å². The van der Waals surface area contributed by atoms with Crippen molar-refractivity contribution in [2.45, 2.75) is 12.4 Å². The van der Waals surface area contributed by atoms with Crippen LogP contribution in [-0.2, 0) is 12.4 Å². The molecule has 2 N–H and O–H groups in total. The van der Waals surface area contributed by atoms with Crippen LogP contribution in [-0.4, -0.2) is 6.09 Å². The Bertz CT molecular complexity index is 511. The van der Waals surface area contributed by atoms with Crippen LogP contribution in [0.5, 0.6) is 5.75 Å². The Balaban J connectivity index is 3.53. The summed E-state index contributed by atoms with van der Waals surface area (Å²) in [4.78, 5) is 10.4. The van der Waals surface area contributed by atoms with Gasteiger partial charge in [-0.15, -0.1) is 0 Å². The molecule has 10 heteroatoms. The Kier molecular flexibility index (Phi) is 3.89. The molecule has 0 fully saturated rings. The molecule has 0 aromatic heterocycles. The van der Waals surface area contributed by atoms with Crippen LogP contribution in [0.3, 0.4) is 0 Å². The Morgan fingerprint density at radius 2 is 1.63 bits per heavy atom. The lowest BCUT2D eigenvalue weighted by atomic mass is 10.1. The average Bonchev–Trinajstić information content (AvgIpc) is 2.11. The van der Waals surface area contributed by atoms with Gasteiger partial charge in [0.15, 0.2) is 0 Å². The second-order valence-corrected chi connectivity index (χ2v) is 3.65. The maximum atomic E-state index is 12.5. The molecule has 0 radical (unpaired) electrons. The number of carbonyl (C=O) groups is 1. The number of hydrogen-bond donors (Lipinski definition) is 1. The van der Waals surface area contributed by atoms with Gasteiger partial charge in [-0.3, -0.25) is 0 Å². The zero-order valence-electron chi connectivity index (χ0n) is 8.69. The Hall–Kier alpha value is -1.64. The molecule has 3 nitrogen and oxygen atoms in total. The minimum atomic E-state index is -5.33. The second kappa shape index (κ2) is 4.80. The summed E-state index contributed by atoms with van der Waals surface area (Å²) in [5.41, 5.74) is 0.427. The summed E-state index contributed by atoms with van der Waals surface area (Å²) >= 11 is 5.16. The van der Waals surface area contributed by atoms with Crippen LogP contribution in [0, 0.1) is 0 Å². The summed E-state index contributed by atoms with van der Waals surface area (Å²) < 4.78 is 79.3. The van der Waals surface area contributed by atoms with Crippen LogP contribution in [0.1, 0.15) is 11.1 Å². The summed E-state index contributed by atoms with van der Waals surface area (Å²) in [5.74, 6) is -0.835. The second-order valence-electron chi connectivity index (χ2n) is 3.24. The maximum absolute atomic E-state index is 12.5. The molecule has 0 bridgehead atoms. The van der Waals surface area contributed by atoms with Crippen molar-refractivity contribution in [3.05, 3.63) is 28.3 Å². The van der Waals surface area contributed by atoms with Gasteiger partial charge in [-0.1, -0.05) is 11.6 Å². The number of rotatable bonds is 1. The number of benzene rings is 1. The van der Waals surface area contributed by atoms with Gasteiger partial charge in [-0.05, 0) is 6.07 Å². The lowest BCUT2D eigenvalue weighted by Crippen LogP contribution is -2.20. The summed E-state index contributed by atoms with van der Waals surface area (Å²) in [6, 6.07) is 0.420. The lowest BCUT2D eigenvalue weighted by Gasteiger charge is -2.17. The molecule has 0 heterocycles. The average molecular weight is 308 g/mol. The third-order valence-corrected chi connectivity index (χ3v) is 2.17. The van der Waals surface area contributed by atoms with Crippen LogP contribution in [0.4, 0.5) is 31.1 Å². The Labute approximate surface area is 106 Å². The predicted octanol–water partition coefficient (Wildman–Crippen LogP) is 3.84. The van der Waals surface area contributed by atoms with E-state index in [4.69, 9.17) is 11.6 Å². The molecule has 0 aliphatic heterocycles. The first-order valence-electron chi connectivity index (χ1n) is 4.38. The first kappa shape index (κ1) is 15.4. The molecule has 1 aromatic rings. The topological polar surface area (TPSA) is 52.3 Å². The summed E-state index contributed by atoms with van der Waals surface area (Å²) in [5, 5.41) is -1.25. The molecular formula is C9H4ClF6NO2. The highest BCUT2D eigenvalue weighted by Gasteiger charge is 2.45. The van der Waals surface area contributed by atoms with E-state index < -0.39 is 40.3 Å². The van der Waals surface area contributed by atoms with Gasteiger partial charge in [0.05, 0.1) is 16.1 Å². The van der Waals surface area contributed by atoms with Crippen molar-refractivity contribution in [3.63, 3.8) is 0 Å². The molecule has 1 rings (SSSR count). The molecule has 0 aliphatic carbocycles. The van der Waals surface area contributed by atoms with Gasteiger partial charge >= 0.3 is 18.4 Å². The van der Waals surface area contributed by atoms with E-state index >= 15 is 0 Å². The molecule has 0 spiro atoms. The standard InChI is InChI=1S/C9H4ClF6NO2/c10-5-2-3(19-7(17)18)1-4(8(11,12)13)6(5)9(14,15)16/h1-2H,(H2,17,18). The highest BCUT2D eigenvalue weighted by Crippen LogP contribution is 2.45. The number of carbonyl (C=O) groups excluding carboxylic acids is 1. The van der Waals surface area contributed by atoms with E-state index in [0.717, 1.165) is 0 Å². The molecular weight excluding hydrogens is 304 g/mol. The number of primary amides is 1. The van der Waals surface area contributed by atoms with Crippen molar-refractivity contribution in [1.82, 2.24) is 0 Å². The van der Waals surface area contributed by atoms with E-state index in [9.17, 15) is 31.1 Å². The van der Waals surface area contributed by atoms with Crippen molar-refractivity contribution >= 4 is 17.7 Å². The first-order valence-corrected chi connectivity index (χ1v) is 4.76. The van der Waals surface area contributed by atoms with Crippen LogP contribution < -0.4 is 10.5 Å². The zero-order chi connectivity index (χ0) is 15.0. The Morgan fingerprint density at radius 1 is 1.11 bits per heavy atom. The molecule has 0 saturated heterocycles. The zero-order valence-corrected chi connectivity index (χ0v) is 9.45. The molecule has 1 aromatic carbocycles. The normalized spacial score (nSPS) is 12.4. The minimum absolute atomic E-state index is 0.000532. The largest absolute Gasteiger partial charge is 0.418 e. The van der Waals surface area contributed by atoms with E-state index in [0.29, 0.717) is 6.07 Å². The number of halogens is 7. The third-order valence-electron chi connectivity index (χ3n) is 1.87. The van der Waals surface area contributed by atoms with Gasteiger partial charge in [0, 0.05) is 6.07 Å². The smallest absolute Gasteiger partial charge is 0.410 e. The number of alkyl halides is 6. The minimum Gasteiger partial charge on any atom is -0.410 e. The quantitative estimate of drug-likeness (QED) is 0.802. The molecule has 1 amide bonds. The van der Waals surface area contributed by atoms with E-state index in [1.54, 1.807) is 0 Å². The molecule has 0 unspecified atom stereocenters. The van der Waals surface area contributed by atoms with E-state index in [1.807, 2.05) is 0 Å². The van der Waals surface area contributed by atoms with Crippen molar-refractivity contribution in [2.75, 3.05) is 0 Å². The predicted molar refractivity (Wildman–Crippen MR) is 51.7 cm³/mol. The van der Waals surface area contributed by atoms with Gasteiger partial charge in [0.2, 0.25) is 0 Å². The fraction of sp³-hybridized carbons (Fsp3) is 0.222. The van der Waals surface area contributed by atoms with Crippen molar-refractivity contribution in [1.29, 1.82) is 0 Å². The van der Waals surface area contributed by atoms with Crippen molar-refractivity contribution < 1.29 is 35.9 Å². The lowest BCUT2D eigenvalue weighted by molar-refractivity contribution is -0.162. The monoisotopic (exact) mass is 307 g/mol. The fourth-order valence-corrected chi connectivity index (χ4v) is 1.59. The molecule has 0 atom stereocenters. The molecule has 106 valence electrons. The number of hydrogen-bond acceptors (Lipinski definition) is 2. The van der Waals surface area contributed by atoms with Crippen LogP contribution in [0.15, 0.2) is 12.1 Å². The molecule has 0 aliphatic rings. The summed E-state index contributed by atoms with van der Waals surface area (Å²) in [7, 11) is 0. The van der Waals surface area contributed by atoms with Gasteiger partial charge in [0.1, 0.15) is 5.75 Å². The van der Waals surface area contributed by atoms with Crippen LogP contribution >= 0.6 is 11.6 Å². The highest BCUT2D eigenvalue weighted by molar-refractivity contribution is 6.31. The van der Waals surface area contributed by atoms with Crippen molar-refractivity contribution in [2.24, 2.45) is 5.73 Å². The summed E-state index contributed by atoms with van der Waals surface area (Å²) in [6.07, 6.45) is -12.1.